The molecule has 0 bridgehead atoms. The lowest BCUT2D eigenvalue weighted by molar-refractivity contribution is -0.139. The van der Waals surface area contributed by atoms with Gasteiger partial charge in [0.15, 0.2) is 0 Å². The maximum absolute atomic E-state index is 12.1. The zero-order valence-electron chi connectivity index (χ0n) is 23.0. The number of hydrogen-bond donors (Lipinski definition) is 3. The summed E-state index contributed by atoms with van der Waals surface area (Å²) in [5.41, 5.74) is -0.651. The molecule has 3 unspecified atom stereocenters. The normalized spacial score (nSPS) is 17.7. The number of likely N-dealkylation sites (N-methyl/N-ethyl adjacent to an activating group) is 1. The molecule has 1 heterocycles. The summed E-state index contributed by atoms with van der Waals surface area (Å²) in [5, 5.41) is 14.6. The molecule has 1 fully saturated rings. The van der Waals surface area contributed by atoms with Crippen LogP contribution in [0, 0.1) is 0 Å². The third-order valence-corrected chi connectivity index (χ3v) is 4.87. The lowest BCUT2D eigenvalue weighted by atomic mass is 10.1. The van der Waals surface area contributed by atoms with Crippen LogP contribution in [0.3, 0.4) is 0 Å². The zero-order chi connectivity index (χ0) is 27.4. The van der Waals surface area contributed by atoms with Gasteiger partial charge in [-0.25, -0.2) is 4.79 Å². The number of nitrogens with one attached hydrogen (secondary N) is 2. The number of nitrogens with zero attached hydrogens (tertiary/aromatic N) is 1. The number of aliphatic hydroxyl groups excluding tert-OH is 1. The Labute approximate surface area is 211 Å². The van der Waals surface area contributed by atoms with E-state index in [2.05, 4.69) is 29.2 Å². The molecule has 10 heteroatoms. The van der Waals surface area contributed by atoms with Crippen molar-refractivity contribution in [2.24, 2.45) is 0 Å². The van der Waals surface area contributed by atoms with Crippen LogP contribution in [0.15, 0.2) is 0 Å². The minimum absolute atomic E-state index is 0.0998. The van der Waals surface area contributed by atoms with Crippen LogP contribution in [0.4, 0.5) is 4.79 Å². The molecule has 0 aromatic carbocycles. The Kier molecular flexibility index (Phi) is 20.0. The van der Waals surface area contributed by atoms with Crippen molar-refractivity contribution in [2.75, 3.05) is 27.2 Å². The number of carbonyl (C=O) groups excluding carboxylic acids is 4. The molecule has 3 atom stereocenters. The smallest absolute Gasteiger partial charge is 0.408 e. The Bertz CT molecular complexity index is 602. The van der Waals surface area contributed by atoms with E-state index in [0.29, 0.717) is 6.29 Å². The number of rotatable bonds is 10. The van der Waals surface area contributed by atoms with Crippen molar-refractivity contribution in [2.45, 2.75) is 110 Å². The van der Waals surface area contributed by atoms with E-state index in [0.717, 1.165) is 0 Å². The average molecular weight is 504 g/mol. The first kappa shape index (κ1) is 35.0. The second kappa shape index (κ2) is 20.0. The third kappa shape index (κ3) is 18.8. The third-order valence-electron chi connectivity index (χ3n) is 4.87. The molecule has 0 saturated carbocycles. The van der Waals surface area contributed by atoms with Crippen molar-refractivity contribution >= 4 is 24.3 Å². The van der Waals surface area contributed by atoms with E-state index in [1.54, 1.807) is 27.8 Å². The second-order valence-electron chi connectivity index (χ2n) is 9.47. The van der Waals surface area contributed by atoms with E-state index in [1.165, 1.54) is 57.5 Å². The van der Waals surface area contributed by atoms with Gasteiger partial charge in [0.1, 0.15) is 17.9 Å². The fourth-order valence-corrected chi connectivity index (χ4v) is 3.09. The molecule has 1 rings (SSSR count). The van der Waals surface area contributed by atoms with Crippen molar-refractivity contribution < 1.29 is 33.8 Å². The SMILES string of the molecule is CC(NC(=O)OC(C)(C)C)C(=O)N1CC(O)CC1C=O.CCCCCCCC.CNCC(=O)OC. The van der Waals surface area contributed by atoms with E-state index >= 15 is 0 Å². The fourth-order valence-electron chi connectivity index (χ4n) is 3.09. The van der Waals surface area contributed by atoms with Crippen LogP contribution in [0.5, 0.6) is 0 Å². The number of aliphatic hydroxyl groups is 1. The number of alkyl carbamates (subject to hydrolysis) is 1. The highest BCUT2D eigenvalue weighted by atomic mass is 16.6. The van der Waals surface area contributed by atoms with Crippen molar-refractivity contribution in [1.29, 1.82) is 0 Å². The van der Waals surface area contributed by atoms with Crippen LogP contribution in [-0.4, -0.2) is 85.3 Å². The Morgan fingerprint density at radius 3 is 2.03 bits per heavy atom. The summed E-state index contributed by atoms with van der Waals surface area (Å²) in [7, 11) is 3.05. The van der Waals surface area contributed by atoms with E-state index in [1.807, 2.05) is 0 Å². The number of amides is 2. The summed E-state index contributed by atoms with van der Waals surface area (Å²) in [6, 6.07) is -1.46. The van der Waals surface area contributed by atoms with Gasteiger partial charge in [0.2, 0.25) is 5.91 Å². The molecule has 206 valence electrons. The standard InChI is InChI=1S/C13H22N2O5.C8H18.C4H9NO2/c1-8(14-12(19)20-13(2,3)4)11(18)15-6-10(17)5-9(15)7-16;1-3-5-7-8-6-4-2;1-5-3-4(6)7-2/h7-10,17H,5-6H2,1-4H3,(H,14,19);3-8H2,1-2H3;5H,3H2,1-2H3. The van der Waals surface area contributed by atoms with Gasteiger partial charge in [-0.1, -0.05) is 52.4 Å². The Morgan fingerprint density at radius 1 is 1.11 bits per heavy atom. The molecule has 1 saturated heterocycles. The first-order chi connectivity index (χ1) is 16.4. The molecular weight excluding hydrogens is 454 g/mol. The summed E-state index contributed by atoms with van der Waals surface area (Å²) in [4.78, 5) is 46.0. The van der Waals surface area contributed by atoms with E-state index in [4.69, 9.17) is 4.74 Å². The highest BCUT2D eigenvalue weighted by Gasteiger charge is 2.36. The van der Waals surface area contributed by atoms with Gasteiger partial charge in [0, 0.05) is 13.0 Å². The van der Waals surface area contributed by atoms with Gasteiger partial charge in [-0.15, -0.1) is 0 Å². The Balaban J connectivity index is 0. The van der Waals surface area contributed by atoms with Gasteiger partial charge in [-0.3, -0.25) is 9.59 Å². The number of methoxy groups -OCH3 is 1. The number of β-amino-alcohol motifs (C(OH)–C–C–N with tert-alkyl or cyclic N) is 1. The minimum atomic E-state index is -0.822. The number of likely N-dealkylation sites (tertiary alicyclic amines) is 1. The lowest BCUT2D eigenvalue weighted by Gasteiger charge is -2.26. The van der Waals surface area contributed by atoms with Gasteiger partial charge < -0.3 is 34.9 Å². The number of hydrogen-bond acceptors (Lipinski definition) is 8. The predicted molar refractivity (Wildman–Crippen MR) is 136 cm³/mol. The molecule has 0 aromatic heterocycles. The van der Waals surface area contributed by atoms with Crippen LogP contribution in [0.2, 0.25) is 0 Å². The van der Waals surface area contributed by atoms with Gasteiger partial charge >= 0.3 is 12.1 Å². The number of carbonyl (C=O) groups is 4. The largest absolute Gasteiger partial charge is 0.468 e. The summed E-state index contributed by atoms with van der Waals surface area (Å²) in [6.07, 6.45) is 7.95. The van der Waals surface area contributed by atoms with E-state index < -0.39 is 35.8 Å². The highest BCUT2D eigenvalue weighted by Crippen LogP contribution is 2.17. The molecule has 0 radical (unpaired) electrons. The topological polar surface area (TPSA) is 134 Å². The van der Waals surface area contributed by atoms with Crippen LogP contribution >= 0.6 is 0 Å². The first-order valence-corrected chi connectivity index (χ1v) is 12.5. The monoisotopic (exact) mass is 503 g/mol. The molecule has 10 nitrogen and oxygen atoms in total. The molecule has 2 amide bonds. The second-order valence-corrected chi connectivity index (χ2v) is 9.47. The van der Waals surface area contributed by atoms with Gasteiger partial charge in [0.25, 0.3) is 0 Å². The highest BCUT2D eigenvalue weighted by molar-refractivity contribution is 5.87. The molecule has 0 aliphatic carbocycles. The number of aldehydes is 1. The van der Waals surface area contributed by atoms with Crippen LogP contribution in [0.25, 0.3) is 0 Å². The van der Waals surface area contributed by atoms with Gasteiger partial charge in [-0.05, 0) is 34.7 Å². The Hall–Kier alpha value is -2.20. The minimum Gasteiger partial charge on any atom is -0.468 e. The molecule has 1 aliphatic rings. The first-order valence-electron chi connectivity index (χ1n) is 12.5. The summed E-state index contributed by atoms with van der Waals surface area (Å²) >= 11 is 0. The number of ether oxygens (including phenoxy) is 2. The number of esters is 1. The maximum Gasteiger partial charge on any atom is 0.408 e. The van der Waals surface area contributed by atoms with Crippen molar-refractivity contribution in [3.63, 3.8) is 0 Å². The van der Waals surface area contributed by atoms with Gasteiger partial charge in [0.05, 0.1) is 25.8 Å². The zero-order valence-corrected chi connectivity index (χ0v) is 23.0. The van der Waals surface area contributed by atoms with Crippen molar-refractivity contribution in [3.8, 4) is 0 Å². The lowest BCUT2D eigenvalue weighted by Crippen LogP contribution is -2.50. The average Bonchev–Trinajstić information content (AvgIpc) is 3.16. The van der Waals surface area contributed by atoms with Crippen LogP contribution in [0.1, 0.15) is 86.5 Å². The van der Waals surface area contributed by atoms with E-state index in [-0.39, 0.29) is 25.5 Å². The quantitative estimate of drug-likeness (QED) is 0.235. The molecule has 0 aromatic rings. The summed E-state index contributed by atoms with van der Waals surface area (Å²) in [6.45, 7) is 11.6. The maximum atomic E-state index is 12.1. The fraction of sp³-hybridized carbons (Fsp3) is 0.840. The molecule has 1 aliphatic heterocycles. The van der Waals surface area contributed by atoms with Crippen molar-refractivity contribution in [1.82, 2.24) is 15.5 Å². The molecule has 35 heavy (non-hydrogen) atoms. The van der Waals surface area contributed by atoms with E-state index in [9.17, 15) is 24.3 Å². The Morgan fingerprint density at radius 2 is 1.66 bits per heavy atom. The molecular formula is C25H49N3O7. The number of unbranched alkanes of at least 4 members (excludes halogenated alkanes) is 5. The summed E-state index contributed by atoms with van der Waals surface area (Å²) < 4.78 is 9.34. The van der Waals surface area contributed by atoms with Crippen LogP contribution < -0.4 is 10.6 Å². The molecule has 3 N–H and O–H groups in total. The van der Waals surface area contributed by atoms with Crippen molar-refractivity contribution in [3.05, 3.63) is 0 Å². The molecule has 0 spiro atoms. The predicted octanol–water partition coefficient (Wildman–Crippen LogP) is 2.81. The van der Waals surface area contributed by atoms with Gasteiger partial charge in [-0.2, -0.15) is 0 Å². The van der Waals surface area contributed by atoms with Crippen LogP contribution in [-0.2, 0) is 23.9 Å². The summed E-state index contributed by atoms with van der Waals surface area (Å²) in [5.74, 6) is -0.646.